The molecular formula is C14H21NO4. The second-order valence-electron chi connectivity index (χ2n) is 4.30. The van der Waals surface area contributed by atoms with Crippen molar-refractivity contribution in [2.45, 2.75) is 26.3 Å². The van der Waals surface area contributed by atoms with Crippen LogP contribution in [0.4, 0.5) is 0 Å². The average molecular weight is 267 g/mol. The number of nitrogens with one attached hydrogen (secondary N) is 1. The summed E-state index contributed by atoms with van der Waals surface area (Å²) in [6.45, 7) is 4.43. The third-order valence-corrected chi connectivity index (χ3v) is 2.67. The fourth-order valence-corrected chi connectivity index (χ4v) is 1.80. The van der Waals surface area contributed by atoms with E-state index in [1.165, 1.54) is 0 Å². The van der Waals surface area contributed by atoms with Crippen molar-refractivity contribution in [2.75, 3.05) is 20.3 Å². The van der Waals surface area contributed by atoms with E-state index in [1.54, 1.807) is 7.11 Å². The summed E-state index contributed by atoms with van der Waals surface area (Å²) in [6, 6.07) is 5.84. The van der Waals surface area contributed by atoms with Gasteiger partial charge in [-0.05, 0) is 38.0 Å². The molecular weight excluding hydrogens is 246 g/mol. The molecule has 1 unspecified atom stereocenters. The molecule has 0 aliphatic heterocycles. The SMILES string of the molecule is CCOc1ccc(CC(C)NCC(=O)O)cc1OC. The number of carbonyl (C=O) groups is 1. The van der Waals surface area contributed by atoms with Gasteiger partial charge in [0.05, 0.1) is 20.3 Å². The van der Waals surface area contributed by atoms with Gasteiger partial charge in [-0.25, -0.2) is 0 Å². The lowest BCUT2D eigenvalue weighted by Gasteiger charge is -2.14. The van der Waals surface area contributed by atoms with E-state index in [-0.39, 0.29) is 12.6 Å². The normalized spacial score (nSPS) is 11.9. The predicted molar refractivity (Wildman–Crippen MR) is 73.0 cm³/mol. The van der Waals surface area contributed by atoms with Crippen molar-refractivity contribution < 1.29 is 19.4 Å². The smallest absolute Gasteiger partial charge is 0.317 e. The molecule has 1 aromatic rings. The molecule has 19 heavy (non-hydrogen) atoms. The number of benzene rings is 1. The van der Waals surface area contributed by atoms with Crippen molar-refractivity contribution in [1.29, 1.82) is 0 Å². The van der Waals surface area contributed by atoms with Gasteiger partial charge in [0.2, 0.25) is 0 Å². The minimum Gasteiger partial charge on any atom is -0.493 e. The molecule has 0 saturated carbocycles. The van der Waals surface area contributed by atoms with Crippen LogP contribution in [0.25, 0.3) is 0 Å². The average Bonchev–Trinajstić information content (AvgIpc) is 2.38. The molecule has 1 atom stereocenters. The van der Waals surface area contributed by atoms with E-state index in [1.807, 2.05) is 32.0 Å². The van der Waals surface area contributed by atoms with Gasteiger partial charge in [0.1, 0.15) is 0 Å². The number of aliphatic carboxylic acids is 1. The zero-order chi connectivity index (χ0) is 14.3. The number of methoxy groups -OCH3 is 1. The van der Waals surface area contributed by atoms with Crippen LogP contribution in [0.15, 0.2) is 18.2 Å². The van der Waals surface area contributed by atoms with Crippen LogP contribution in [0.1, 0.15) is 19.4 Å². The molecule has 0 radical (unpaired) electrons. The van der Waals surface area contributed by atoms with E-state index in [0.717, 1.165) is 17.7 Å². The van der Waals surface area contributed by atoms with Crippen LogP contribution in [-0.4, -0.2) is 37.4 Å². The summed E-state index contributed by atoms with van der Waals surface area (Å²) >= 11 is 0. The Labute approximate surface area is 113 Å². The molecule has 0 fully saturated rings. The first kappa shape index (κ1) is 15.3. The lowest BCUT2D eigenvalue weighted by molar-refractivity contribution is -0.136. The largest absolute Gasteiger partial charge is 0.493 e. The Balaban J connectivity index is 2.65. The predicted octanol–water partition coefficient (Wildman–Crippen LogP) is 1.70. The summed E-state index contributed by atoms with van der Waals surface area (Å²) < 4.78 is 10.7. The van der Waals surface area contributed by atoms with Crippen LogP contribution in [-0.2, 0) is 11.2 Å². The summed E-state index contributed by atoms with van der Waals surface area (Å²) in [5.74, 6) is 0.570. The molecule has 0 bridgehead atoms. The molecule has 0 saturated heterocycles. The highest BCUT2D eigenvalue weighted by Gasteiger charge is 2.09. The standard InChI is InChI=1S/C14H21NO4/c1-4-19-12-6-5-11(8-13(12)18-3)7-10(2)15-9-14(16)17/h5-6,8,10,15H,4,7,9H2,1-3H3,(H,16,17). The molecule has 1 aromatic carbocycles. The van der Waals surface area contributed by atoms with Crippen molar-refractivity contribution in [3.8, 4) is 11.5 Å². The minimum absolute atomic E-state index is 0.0324. The van der Waals surface area contributed by atoms with Gasteiger partial charge in [0, 0.05) is 6.04 Å². The first-order valence-electron chi connectivity index (χ1n) is 6.31. The number of carboxylic acids is 1. The number of hydrogen-bond acceptors (Lipinski definition) is 4. The summed E-state index contributed by atoms with van der Waals surface area (Å²) in [5, 5.41) is 11.5. The van der Waals surface area contributed by atoms with E-state index >= 15 is 0 Å². The van der Waals surface area contributed by atoms with Crippen LogP contribution in [0.2, 0.25) is 0 Å². The monoisotopic (exact) mass is 267 g/mol. The second-order valence-corrected chi connectivity index (χ2v) is 4.30. The van der Waals surface area contributed by atoms with Crippen LogP contribution in [0, 0.1) is 0 Å². The Bertz CT molecular complexity index is 420. The van der Waals surface area contributed by atoms with E-state index in [9.17, 15) is 4.79 Å². The van der Waals surface area contributed by atoms with Crippen molar-refractivity contribution in [2.24, 2.45) is 0 Å². The Morgan fingerprint density at radius 1 is 1.42 bits per heavy atom. The highest BCUT2D eigenvalue weighted by atomic mass is 16.5. The summed E-state index contributed by atoms with van der Waals surface area (Å²) in [4.78, 5) is 10.5. The number of rotatable bonds is 8. The number of carboxylic acid groups (broad SMARTS) is 1. The molecule has 0 heterocycles. The fourth-order valence-electron chi connectivity index (χ4n) is 1.80. The van der Waals surface area contributed by atoms with Crippen molar-refractivity contribution in [3.63, 3.8) is 0 Å². The molecule has 2 N–H and O–H groups in total. The van der Waals surface area contributed by atoms with Crippen molar-refractivity contribution in [3.05, 3.63) is 23.8 Å². The quantitative estimate of drug-likeness (QED) is 0.750. The maximum Gasteiger partial charge on any atom is 0.317 e. The van der Waals surface area contributed by atoms with Gasteiger partial charge in [0.25, 0.3) is 0 Å². The van der Waals surface area contributed by atoms with E-state index < -0.39 is 5.97 Å². The van der Waals surface area contributed by atoms with Crippen LogP contribution in [0.3, 0.4) is 0 Å². The van der Waals surface area contributed by atoms with E-state index in [2.05, 4.69) is 5.32 Å². The highest BCUT2D eigenvalue weighted by Crippen LogP contribution is 2.28. The molecule has 5 heteroatoms. The van der Waals surface area contributed by atoms with Crippen molar-refractivity contribution in [1.82, 2.24) is 5.32 Å². The maximum atomic E-state index is 10.5. The summed E-state index contributed by atoms with van der Waals surface area (Å²) in [7, 11) is 1.60. The van der Waals surface area contributed by atoms with Gasteiger partial charge in [-0.1, -0.05) is 6.07 Å². The minimum atomic E-state index is -0.851. The van der Waals surface area contributed by atoms with Crippen molar-refractivity contribution >= 4 is 5.97 Å². The Morgan fingerprint density at radius 2 is 2.16 bits per heavy atom. The second kappa shape index (κ2) is 7.63. The zero-order valence-electron chi connectivity index (χ0n) is 11.6. The molecule has 0 aromatic heterocycles. The molecule has 0 aliphatic rings. The van der Waals surface area contributed by atoms with Crippen LogP contribution in [0.5, 0.6) is 11.5 Å². The Morgan fingerprint density at radius 3 is 2.74 bits per heavy atom. The van der Waals surface area contributed by atoms with Gasteiger partial charge < -0.3 is 19.9 Å². The molecule has 1 rings (SSSR count). The third-order valence-electron chi connectivity index (χ3n) is 2.67. The van der Waals surface area contributed by atoms with Gasteiger partial charge in [-0.2, -0.15) is 0 Å². The van der Waals surface area contributed by atoms with E-state index in [4.69, 9.17) is 14.6 Å². The van der Waals surface area contributed by atoms with Gasteiger partial charge in [-0.15, -0.1) is 0 Å². The van der Waals surface area contributed by atoms with Crippen LogP contribution >= 0.6 is 0 Å². The lowest BCUT2D eigenvalue weighted by Crippen LogP contribution is -2.32. The summed E-state index contributed by atoms with van der Waals surface area (Å²) in [5.41, 5.74) is 1.07. The number of hydrogen-bond donors (Lipinski definition) is 2. The molecule has 0 aliphatic carbocycles. The number of ether oxygens (including phenoxy) is 2. The van der Waals surface area contributed by atoms with Gasteiger partial charge in [0.15, 0.2) is 11.5 Å². The molecule has 0 spiro atoms. The van der Waals surface area contributed by atoms with Gasteiger partial charge >= 0.3 is 5.97 Å². The summed E-state index contributed by atoms with van der Waals surface area (Å²) in [6.07, 6.45) is 0.732. The molecule has 0 amide bonds. The topological polar surface area (TPSA) is 67.8 Å². The zero-order valence-corrected chi connectivity index (χ0v) is 11.6. The Hall–Kier alpha value is -1.75. The lowest BCUT2D eigenvalue weighted by atomic mass is 10.1. The van der Waals surface area contributed by atoms with Crippen LogP contribution < -0.4 is 14.8 Å². The first-order valence-corrected chi connectivity index (χ1v) is 6.31. The first-order chi connectivity index (χ1) is 9.06. The highest BCUT2D eigenvalue weighted by molar-refractivity contribution is 5.69. The molecule has 5 nitrogen and oxygen atoms in total. The third kappa shape index (κ3) is 5.18. The van der Waals surface area contributed by atoms with E-state index in [0.29, 0.717) is 12.4 Å². The maximum absolute atomic E-state index is 10.5. The Kier molecular flexibility index (Phi) is 6.15. The fraction of sp³-hybridized carbons (Fsp3) is 0.500. The molecule has 106 valence electrons. The van der Waals surface area contributed by atoms with Gasteiger partial charge in [-0.3, -0.25) is 4.79 Å².